The predicted octanol–water partition coefficient (Wildman–Crippen LogP) is 2.87. The molecular formula is C38H56N6O8S2. The molecule has 298 valence electrons. The Morgan fingerprint density at radius 3 is 2.19 bits per heavy atom. The summed E-state index contributed by atoms with van der Waals surface area (Å²) in [5, 5.41) is 10.6. The number of hydrogen-bond donors (Lipinski definition) is 4. The summed E-state index contributed by atoms with van der Waals surface area (Å²) < 4.78 is 4.90. The number of benzene rings is 1. The molecule has 2 aliphatic heterocycles. The van der Waals surface area contributed by atoms with Crippen molar-refractivity contribution in [3.05, 3.63) is 35.9 Å². The lowest BCUT2D eigenvalue weighted by Crippen LogP contribution is -2.59. The Labute approximate surface area is 326 Å². The van der Waals surface area contributed by atoms with E-state index in [1.165, 1.54) is 9.80 Å². The Kier molecular flexibility index (Phi) is 14.9. The SMILES string of the molecule is CC(C)COC(=O)N[C@H](C(=O)N1CC2(C[C@H]1C(=O)NC(CC1CC1)C(=O)C(=O)NCC(=O)N[C@H](C(=O)N(C)C)c1ccccc1)SCCCS2)C(C)(C)C. The Bertz CT molecular complexity index is 1540. The van der Waals surface area contributed by atoms with Crippen molar-refractivity contribution in [1.29, 1.82) is 0 Å². The summed E-state index contributed by atoms with van der Waals surface area (Å²) in [7, 11) is 3.13. The van der Waals surface area contributed by atoms with Crippen molar-refractivity contribution >= 4 is 64.9 Å². The van der Waals surface area contributed by atoms with E-state index in [2.05, 4.69) is 21.3 Å². The number of thioether (sulfide) groups is 2. The molecule has 16 heteroatoms. The highest BCUT2D eigenvalue weighted by Gasteiger charge is 2.53. The molecule has 0 radical (unpaired) electrons. The molecule has 0 aromatic heterocycles. The highest BCUT2D eigenvalue weighted by Crippen LogP contribution is 2.50. The number of alkyl carbamates (subject to hydrolysis) is 1. The second-order valence-corrected chi connectivity index (χ2v) is 19.2. The minimum atomic E-state index is -1.18. The van der Waals surface area contributed by atoms with Gasteiger partial charge in [0.1, 0.15) is 18.1 Å². The van der Waals surface area contributed by atoms with Gasteiger partial charge in [-0.2, -0.15) is 0 Å². The highest BCUT2D eigenvalue weighted by molar-refractivity contribution is 8.18. The number of likely N-dealkylation sites (tertiary alicyclic amines) is 1. The average molecular weight is 789 g/mol. The van der Waals surface area contributed by atoms with Gasteiger partial charge in [-0.1, -0.05) is 77.8 Å². The normalized spacial score (nSPS) is 19.6. The summed E-state index contributed by atoms with van der Waals surface area (Å²) in [5.41, 5.74) is -0.172. The van der Waals surface area contributed by atoms with Crippen LogP contribution in [0.25, 0.3) is 0 Å². The lowest BCUT2D eigenvalue weighted by atomic mass is 9.85. The molecule has 3 aliphatic rings. The minimum Gasteiger partial charge on any atom is -0.449 e. The van der Waals surface area contributed by atoms with E-state index in [9.17, 15) is 33.6 Å². The first-order chi connectivity index (χ1) is 25.4. The predicted molar refractivity (Wildman–Crippen MR) is 208 cm³/mol. The third-order valence-electron chi connectivity index (χ3n) is 9.48. The second-order valence-electron chi connectivity index (χ2n) is 16.0. The van der Waals surface area contributed by atoms with Gasteiger partial charge in [0.25, 0.3) is 5.91 Å². The smallest absolute Gasteiger partial charge is 0.407 e. The average Bonchev–Trinajstić information content (AvgIpc) is 3.88. The molecule has 1 unspecified atom stereocenters. The molecule has 2 heterocycles. The third-order valence-corrected chi connectivity index (χ3v) is 12.8. The first kappa shape index (κ1) is 42.9. The molecular weight excluding hydrogens is 733 g/mol. The van der Waals surface area contributed by atoms with Gasteiger partial charge in [-0.3, -0.25) is 28.8 Å². The molecule has 1 spiro atoms. The standard InChI is InChI=1S/C38H56N6O8S2/c1-23(2)21-52-36(51)42-31(37(3,4)5)35(50)44-22-38(53-16-11-17-54-38)19-27(44)32(47)40-26(18-24-14-15-24)30(46)33(48)39-20-28(45)41-29(34(49)43(6)7)25-12-9-8-10-13-25/h8-10,12-13,23-24,26-27,29,31H,11,14-22H2,1-7H3,(H,39,48)(H,40,47)(H,41,45)(H,42,51)/t26?,27-,29-,31+/m0/s1. The van der Waals surface area contributed by atoms with Crippen molar-refractivity contribution in [2.45, 2.75) is 95.0 Å². The van der Waals surface area contributed by atoms with Crippen LogP contribution in [0.3, 0.4) is 0 Å². The Morgan fingerprint density at radius 1 is 0.963 bits per heavy atom. The summed E-state index contributed by atoms with van der Waals surface area (Å²) in [6.45, 7) is 9.18. The van der Waals surface area contributed by atoms with Crippen LogP contribution < -0.4 is 21.3 Å². The zero-order chi connectivity index (χ0) is 39.8. The van der Waals surface area contributed by atoms with Crippen molar-refractivity contribution in [1.82, 2.24) is 31.1 Å². The van der Waals surface area contributed by atoms with Gasteiger partial charge in [-0.05, 0) is 47.2 Å². The van der Waals surface area contributed by atoms with Gasteiger partial charge < -0.3 is 35.8 Å². The van der Waals surface area contributed by atoms with Gasteiger partial charge in [-0.15, -0.1) is 23.5 Å². The number of amides is 6. The van der Waals surface area contributed by atoms with Gasteiger partial charge >= 0.3 is 6.09 Å². The fraction of sp³-hybridized carbons (Fsp3) is 0.658. The monoisotopic (exact) mass is 788 g/mol. The van der Waals surface area contributed by atoms with Crippen LogP contribution in [0.5, 0.6) is 0 Å². The summed E-state index contributed by atoms with van der Waals surface area (Å²) in [6, 6.07) is 4.53. The van der Waals surface area contributed by atoms with Gasteiger partial charge in [0.15, 0.2) is 0 Å². The second kappa shape index (κ2) is 18.7. The molecule has 4 atom stereocenters. The Hall–Kier alpha value is -3.79. The lowest BCUT2D eigenvalue weighted by molar-refractivity contribution is -0.144. The zero-order valence-electron chi connectivity index (χ0n) is 32.4. The van der Waals surface area contributed by atoms with Crippen LogP contribution in [0.1, 0.15) is 78.3 Å². The first-order valence-electron chi connectivity index (χ1n) is 18.6. The summed E-state index contributed by atoms with van der Waals surface area (Å²) in [4.78, 5) is 96.9. The van der Waals surface area contributed by atoms with Crippen molar-refractivity contribution < 1.29 is 38.3 Å². The number of ketones is 1. The topological polar surface area (TPSA) is 183 Å². The summed E-state index contributed by atoms with van der Waals surface area (Å²) in [5.74, 6) is -1.99. The maximum atomic E-state index is 14.4. The molecule has 1 aliphatic carbocycles. The maximum Gasteiger partial charge on any atom is 0.407 e. The molecule has 1 aromatic rings. The number of nitrogens with one attached hydrogen (secondary N) is 4. The van der Waals surface area contributed by atoms with E-state index in [0.29, 0.717) is 12.0 Å². The molecule has 6 amide bonds. The van der Waals surface area contributed by atoms with Gasteiger partial charge in [0, 0.05) is 27.1 Å². The Balaban J connectivity index is 1.48. The minimum absolute atomic E-state index is 0.0997. The van der Waals surface area contributed by atoms with E-state index in [1.54, 1.807) is 68.0 Å². The van der Waals surface area contributed by atoms with E-state index in [0.717, 1.165) is 30.8 Å². The summed E-state index contributed by atoms with van der Waals surface area (Å²) in [6.07, 6.45) is 2.55. The van der Waals surface area contributed by atoms with Gasteiger partial charge in [0.05, 0.1) is 23.3 Å². The van der Waals surface area contributed by atoms with Crippen molar-refractivity contribution in [3.63, 3.8) is 0 Å². The zero-order valence-corrected chi connectivity index (χ0v) is 34.0. The summed E-state index contributed by atoms with van der Waals surface area (Å²) >= 11 is 3.42. The van der Waals surface area contributed by atoms with Crippen molar-refractivity contribution in [2.75, 3.05) is 45.3 Å². The van der Waals surface area contributed by atoms with Crippen LogP contribution in [0, 0.1) is 17.3 Å². The maximum absolute atomic E-state index is 14.4. The Morgan fingerprint density at radius 2 is 1.61 bits per heavy atom. The molecule has 14 nitrogen and oxygen atoms in total. The first-order valence-corrected chi connectivity index (χ1v) is 20.6. The van der Waals surface area contributed by atoms with Crippen LogP contribution in [-0.2, 0) is 33.5 Å². The van der Waals surface area contributed by atoms with E-state index in [4.69, 9.17) is 4.74 Å². The lowest BCUT2D eigenvalue weighted by Gasteiger charge is -2.36. The number of carbonyl (C=O) groups excluding carboxylic acids is 7. The largest absolute Gasteiger partial charge is 0.449 e. The van der Waals surface area contributed by atoms with E-state index >= 15 is 0 Å². The number of rotatable bonds is 15. The van der Waals surface area contributed by atoms with Gasteiger partial charge in [-0.25, -0.2) is 4.79 Å². The molecule has 1 saturated carbocycles. The number of nitrogens with zero attached hydrogens (tertiary/aromatic N) is 2. The fourth-order valence-corrected chi connectivity index (χ4v) is 9.69. The van der Waals surface area contributed by atoms with Crippen LogP contribution in [0.15, 0.2) is 30.3 Å². The highest BCUT2D eigenvalue weighted by atomic mass is 32.2. The van der Waals surface area contributed by atoms with Crippen LogP contribution >= 0.6 is 23.5 Å². The molecule has 4 N–H and O–H groups in total. The quantitative estimate of drug-likeness (QED) is 0.193. The molecule has 54 heavy (non-hydrogen) atoms. The fourth-order valence-electron chi connectivity index (χ4n) is 6.34. The molecule has 0 bridgehead atoms. The number of likely N-dealkylation sites (N-methyl/N-ethyl adjacent to an activating group) is 1. The van der Waals surface area contributed by atoms with E-state index in [1.807, 2.05) is 34.6 Å². The molecule has 3 fully saturated rings. The number of ether oxygens (including phenoxy) is 1. The number of Topliss-reactive ketones (excluding diaryl/α,β-unsaturated/α-hetero) is 1. The third kappa shape index (κ3) is 11.9. The number of carbonyl (C=O) groups is 7. The van der Waals surface area contributed by atoms with Crippen LogP contribution in [0.4, 0.5) is 4.79 Å². The van der Waals surface area contributed by atoms with E-state index < -0.39 is 75.7 Å². The number of hydrogen-bond acceptors (Lipinski definition) is 10. The molecule has 4 rings (SSSR count). The van der Waals surface area contributed by atoms with Crippen molar-refractivity contribution in [2.24, 2.45) is 17.3 Å². The van der Waals surface area contributed by atoms with Crippen LogP contribution in [-0.4, -0.2) is 119 Å². The van der Waals surface area contributed by atoms with Crippen molar-refractivity contribution in [3.8, 4) is 0 Å². The molecule has 1 aromatic carbocycles. The van der Waals surface area contributed by atoms with E-state index in [-0.39, 0.29) is 37.3 Å². The van der Waals surface area contributed by atoms with Crippen LogP contribution in [0.2, 0.25) is 0 Å². The molecule has 2 saturated heterocycles. The van der Waals surface area contributed by atoms with Gasteiger partial charge in [0.2, 0.25) is 29.4 Å².